The van der Waals surface area contributed by atoms with E-state index in [0.29, 0.717) is 13.1 Å². The summed E-state index contributed by atoms with van der Waals surface area (Å²) in [7, 11) is 1.37. The van der Waals surface area contributed by atoms with Crippen LogP contribution < -0.4 is 10.6 Å². The summed E-state index contributed by atoms with van der Waals surface area (Å²) in [6, 6.07) is 7.26. The van der Waals surface area contributed by atoms with Crippen molar-refractivity contribution in [1.29, 1.82) is 0 Å². The van der Waals surface area contributed by atoms with Crippen molar-refractivity contribution < 1.29 is 14.3 Å². The van der Waals surface area contributed by atoms with E-state index >= 15 is 0 Å². The smallest absolute Gasteiger partial charge is 0.409 e. The number of hydrogen-bond donors (Lipinski definition) is 2. The molecule has 6 nitrogen and oxygen atoms in total. The fourth-order valence-corrected chi connectivity index (χ4v) is 2.63. The van der Waals surface area contributed by atoms with Gasteiger partial charge in [-0.1, -0.05) is 12.1 Å². The van der Waals surface area contributed by atoms with Crippen LogP contribution in [0.2, 0.25) is 0 Å². The zero-order valence-electron chi connectivity index (χ0n) is 11.8. The molecule has 1 saturated heterocycles. The Bertz CT molecular complexity index is 516. The third kappa shape index (κ3) is 4.35. The van der Waals surface area contributed by atoms with E-state index in [1.165, 1.54) is 7.11 Å². The van der Waals surface area contributed by atoms with E-state index in [0.717, 1.165) is 23.0 Å². The van der Waals surface area contributed by atoms with Gasteiger partial charge in [0.15, 0.2) is 0 Å². The van der Waals surface area contributed by atoms with Crippen molar-refractivity contribution in [3.8, 4) is 0 Å². The Balaban J connectivity index is 1.80. The molecule has 0 atom stereocenters. The molecule has 1 fully saturated rings. The normalized spacial score (nSPS) is 15.4. The van der Waals surface area contributed by atoms with Crippen LogP contribution in [0.1, 0.15) is 12.8 Å². The van der Waals surface area contributed by atoms with E-state index in [4.69, 9.17) is 0 Å². The van der Waals surface area contributed by atoms with Gasteiger partial charge < -0.3 is 20.3 Å². The number of ether oxygens (including phenoxy) is 1. The lowest BCUT2D eigenvalue weighted by Gasteiger charge is -2.31. The van der Waals surface area contributed by atoms with E-state index in [9.17, 15) is 9.59 Å². The molecule has 1 heterocycles. The van der Waals surface area contributed by atoms with Gasteiger partial charge >= 0.3 is 12.1 Å². The average molecular weight is 356 g/mol. The van der Waals surface area contributed by atoms with E-state index in [-0.39, 0.29) is 18.2 Å². The molecule has 0 spiro atoms. The first-order valence-electron chi connectivity index (χ1n) is 6.75. The molecule has 7 heteroatoms. The van der Waals surface area contributed by atoms with Crippen molar-refractivity contribution in [2.75, 3.05) is 25.5 Å². The summed E-state index contributed by atoms with van der Waals surface area (Å²) < 4.78 is 5.51. The maximum Gasteiger partial charge on any atom is 0.409 e. The van der Waals surface area contributed by atoms with E-state index in [1.54, 1.807) is 4.90 Å². The number of anilines is 1. The number of para-hydroxylation sites is 1. The number of hydrogen-bond acceptors (Lipinski definition) is 3. The monoisotopic (exact) mass is 355 g/mol. The van der Waals surface area contributed by atoms with Crippen molar-refractivity contribution in [1.82, 2.24) is 10.2 Å². The summed E-state index contributed by atoms with van der Waals surface area (Å²) >= 11 is 3.38. The van der Waals surface area contributed by atoms with Crippen molar-refractivity contribution in [2.24, 2.45) is 0 Å². The quantitative estimate of drug-likeness (QED) is 0.856. The minimum Gasteiger partial charge on any atom is -0.453 e. The third-order valence-corrected chi connectivity index (χ3v) is 4.08. The number of carbonyl (C=O) groups excluding carboxylic acids is 2. The number of nitrogens with zero attached hydrogens (tertiary/aromatic N) is 1. The molecule has 0 bridgehead atoms. The fraction of sp³-hybridized carbons (Fsp3) is 0.429. The van der Waals surface area contributed by atoms with Crippen LogP contribution in [0.4, 0.5) is 15.3 Å². The number of amides is 3. The number of rotatable bonds is 2. The van der Waals surface area contributed by atoms with Crippen LogP contribution in [0.3, 0.4) is 0 Å². The Kier molecular flexibility index (Phi) is 5.44. The highest BCUT2D eigenvalue weighted by Gasteiger charge is 2.24. The second-order valence-corrected chi connectivity index (χ2v) is 5.66. The van der Waals surface area contributed by atoms with Crippen molar-refractivity contribution in [3.05, 3.63) is 28.7 Å². The summed E-state index contributed by atoms with van der Waals surface area (Å²) in [5, 5.41) is 5.72. The van der Waals surface area contributed by atoms with E-state index in [2.05, 4.69) is 31.3 Å². The van der Waals surface area contributed by atoms with Gasteiger partial charge in [0.2, 0.25) is 0 Å². The molecule has 1 aliphatic rings. The van der Waals surface area contributed by atoms with Gasteiger partial charge in [-0.05, 0) is 40.9 Å². The zero-order valence-corrected chi connectivity index (χ0v) is 13.4. The van der Waals surface area contributed by atoms with Gasteiger partial charge in [0.25, 0.3) is 0 Å². The average Bonchev–Trinajstić information content (AvgIpc) is 2.49. The second kappa shape index (κ2) is 7.31. The second-order valence-electron chi connectivity index (χ2n) is 4.81. The minimum absolute atomic E-state index is 0.0633. The predicted octanol–water partition coefficient (Wildman–Crippen LogP) is 2.80. The number of methoxy groups -OCH3 is 1. The minimum atomic E-state index is -0.314. The number of piperidine rings is 1. The highest BCUT2D eigenvalue weighted by atomic mass is 79.9. The van der Waals surface area contributed by atoms with Crippen LogP contribution in [0, 0.1) is 0 Å². The molecule has 2 N–H and O–H groups in total. The molecular weight excluding hydrogens is 338 g/mol. The molecule has 0 saturated carbocycles. The van der Waals surface area contributed by atoms with Crippen molar-refractivity contribution in [2.45, 2.75) is 18.9 Å². The standard InChI is InChI=1S/C14H18BrN3O3/c1-21-14(20)18-8-6-10(7-9-18)16-13(19)17-12-5-3-2-4-11(12)15/h2-5,10H,6-9H2,1H3,(H2,16,17,19). The van der Waals surface area contributed by atoms with Gasteiger partial charge in [0, 0.05) is 23.6 Å². The van der Waals surface area contributed by atoms with Gasteiger partial charge in [-0.15, -0.1) is 0 Å². The molecule has 21 heavy (non-hydrogen) atoms. The Hall–Kier alpha value is -1.76. The Morgan fingerprint density at radius 1 is 1.29 bits per heavy atom. The molecule has 0 aromatic heterocycles. The van der Waals surface area contributed by atoms with Crippen LogP contribution in [-0.4, -0.2) is 43.3 Å². The lowest BCUT2D eigenvalue weighted by atomic mass is 10.1. The molecule has 1 aliphatic heterocycles. The first-order chi connectivity index (χ1) is 10.1. The Morgan fingerprint density at radius 2 is 1.95 bits per heavy atom. The Labute approximate surface area is 132 Å². The van der Waals surface area contributed by atoms with Crippen molar-refractivity contribution >= 4 is 33.7 Å². The largest absolute Gasteiger partial charge is 0.453 e. The predicted molar refractivity (Wildman–Crippen MR) is 83.3 cm³/mol. The van der Waals surface area contributed by atoms with Crippen LogP contribution in [0.15, 0.2) is 28.7 Å². The lowest BCUT2D eigenvalue weighted by Crippen LogP contribution is -2.47. The fourth-order valence-electron chi connectivity index (χ4n) is 2.24. The SMILES string of the molecule is COC(=O)N1CCC(NC(=O)Nc2ccccc2Br)CC1. The highest BCUT2D eigenvalue weighted by Crippen LogP contribution is 2.21. The summed E-state index contributed by atoms with van der Waals surface area (Å²) in [4.78, 5) is 25.0. The number of urea groups is 1. The maximum atomic E-state index is 12.0. The van der Waals surface area contributed by atoms with Crippen molar-refractivity contribution in [3.63, 3.8) is 0 Å². The molecule has 0 radical (unpaired) electrons. The number of benzene rings is 1. The summed E-state index contributed by atoms with van der Waals surface area (Å²) in [6.45, 7) is 1.18. The van der Waals surface area contributed by atoms with Gasteiger partial charge in [-0.3, -0.25) is 0 Å². The lowest BCUT2D eigenvalue weighted by molar-refractivity contribution is 0.110. The number of carbonyl (C=O) groups is 2. The topological polar surface area (TPSA) is 70.7 Å². The van der Waals surface area contributed by atoms with Crippen LogP contribution in [-0.2, 0) is 4.74 Å². The highest BCUT2D eigenvalue weighted by molar-refractivity contribution is 9.10. The molecule has 0 unspecified atom stereocenters. The zero-order chi connectivity index (χ0) is 15.2. The number of likely N-dealkylation sites (tertiary alicyclic amines) is 1. The molecule has 2 rings (SSSR count). The van der Waals surface area contributed by atoms with Crippen LogP contribution in [0.5, 0.6) is 0 Å². The van der Waals surface area contributed by atoms with Gasteiger partial charge in [-0.25, -0.2) is 9.59 Å². The first kappa shape index (κ1) is 15.6. The maximum absolute atomic E-state index is 12.0. The van der Waals surface area contributed by atoms with Gasteiger partial charge in [0.1, 0.15) is 0 Å². The van der Waals surface area contributed by atoms with E-state index in [1.807, 2.05) is 24.3 Å². The number of nitrogens with one attached hydrogen (secondary N) is 2. The molecule has 3 amide bonds. The summed E-state index contributed by atoms with van der Waals surface area (Å²) in [5.41, 5.74) is 0.724. The number of halogens is 1. The molecule has 1 aromatic carbocycles. The molecule has 1 aromatic rings. The first-order valence-corrected chi connectivity index (χ1v) is 7.54. The summed E-state index contributed by atoms with van der Waals surface area (Å²) in [6.07, 6.45) is 1.13. The summed E-state index contributed by atoms with van der Waals surface area (Å²) in [5.74, 6) is 0. The Morgan fingerprint density at radius 3 is 2.57 bits per heavy atom. The third-order valence-electron chi connectivity index (χ3n) is 3.39. The van der Waals surface area contributed by atoms with Crippen LogP contribution >= 0.6 is 15.9 Å². The van der Waals surface area contributed by atoms with Crippen LogP contribution in [0.25, 0.3) is 0 Å². The molecule has 0 aliphatic carbocycles. The van der Waals surface area contributed by atoms with Gasteiger partial charge in [-0.2, -0.15) is 0 Å². The van der Waals surface area contributed by atoms with E-state index < -0.39 is 0 Å². The van der Waals surface area contributed by atoms with Gasteiger partial charge in [0.05, 0.1) is 12.8 Å². The molecule has 114 valence electrons. The molecular formula is C14H18BrN3O3.